The zero-order valence-electron chi connectivity index (χ0n) is 15.1. The number of nitrogens with one attached hydrogen (secondary N) is 1. The lowest BCUT2D eigenvalue weighted by Gasteiger charge is -2.38. The number of rotatable bonds is 5. The fourth-order valence-electron chi connectivity index (χ4n) is 3.20. The summed E-state index contributed by atoms with van der Waals surface area (Å²) >= 11 is 0. The molecule has 2 aromatic heterocycles. The molecule has 0 radical (unpaired) electrons. The van der Waals surface area contributed by atoms with E-state index in [4.69, 9.17) is 15.0 Å². The minimum atomic E-state index is -3.17. The summed E-state index contributed by atoms with van der Waals surface area (Å²) in [6.45, 7) is 4.63. The number of benzene rings is 1. The largest absolute Gasteiger partial charge is 0.382 e. The van der Waals surface area contributed by atoms with Crippen LogP contribution in [0.1, 0.15) is 19.4 Å². The van der Waals surface area contributed by atoms with E-state index in [-0.39, 0.29) is 6.35 Å². The van der Waals surface area contributed by atoms with Crippen molar-refractivity contribution in [2.24, 2.45) is 0 Å². The normalized spacial score (nSPS) is 21.0. The molecule has 0 saturated carbocycles. The maximum Gasteiger partial charge on any atom is 0.319 e. The van der Waals surface area contributed by atoms with Gasteiger partial charge in [-0.15, -0.1) is 0 Å². The highest BCUT2D eigenvalue weighted by Gasteiger charge is 2.40. The van der Waals surface area contributed by atoms with E-state index >= 15 is 0 Å². The second-order valence-corrected chi connectivity index (χ2v) is 8.85. The molecule has 0 bridgehead atoms. The van der Waals surface area contributed by atoms with Crippen LogP contribution in [-0.2, 0) is 26.0 Å². The Morgan fingerprint density at radius 2 is 2.11 bits per heavy atom. The number of nitrogens with zero attached hydrogens (tertiary/aromatic N) is 4. The van der Waals surface area contributed by atoms with Crippen molar-refractivity contribution < 1.29 is 13.8 Å². The third-order valence-electron chi connectivity index (χ3n) is 4.41. The number of hydrogen-bond acceptors (Lipinski definition) is 7. The minimum absolute atomic E-state index is 0.0332. The number of aromatic nitrogens is 4. The molecule has 0 fully saturated rings. The summed E-state index contributed by atoms with van der Waals surface area (Å²) in [5.41, 5.74) is 8.11. The van der Waals surface area contributed by atoms with Gasteiger partial charge in [-0.3, -0.25) is 4.57 Å². The van der Waals surface area contributed by atoms with E-state index in [1.54, 1.807) is 6.33 Å². The molecule has 3 heterocycles. The summed E-state index contributed by atoms with van der Waals surface area (Å²) in [6.07, 6.45) is 3.00. The molecule has 1 aliphatic heterocycles. The van der Waals surface area contributed by atoms with E-state index in [0.29, 0.717) is 30.1 Å². The molecule has 9 nitrogen and oxygen atoms in total. The van der Waals surface area contributed by atoms with Gasteiger partial charge in [0.1, 0.15) is 18.2 Å². The Morgan fingerprint density at radius 1 is 1.30 bits per heavy atom. The van der Waals surface area contributed by atoms with Gasteiger partial charge in [0.05, 0.1) is 18.5 Å². The molecule has 4 rings (SSSR count). The van der Waals surface area contributed by atoms with Crippen molar-refractivity contribution in [1.29, 1.82) is 0 Å². The average Bonchev–Trinajstić information content (AvgIpc) is 3.03. The second-order valence-electron chi connectivity index (χ2n) is 6.84. The number of imidazole rings is 1. The van der Waals surface area contributed by atoms with E-state index < -0.39 is 13.1 Å². The zero-order valence-corrected chi connectivity index (χ0v) is 16.0. The van der Waals surface area contributed by atoms with Crippen molar-refractivity contribution in [3.63, 3.8) is 0 Å². The van der Waals surface area contributed by atoms with Crippen LogP contribution in [0.3, 0.4) is 0 Å². The van der Waals surface area contributed by atoms with Gasteiger partial charge in [0.2, 0.25) is 0 Å². The van der Waals surface area contributed by atoms with Gasteiger partial charge < -0.3 is 24.6 Å². The van der Waals surface area contributed by atoms with E-state index in [1.165, 1.54) is 6.33 Å². The van der Waals surface area contributed by atoms with Crippen molar-refractivity contribution in [3.8, 4) is 0 Å². The number of ether oxygens (including phenoxy) is 1. The summed E-state index contributed by atoms with van der Waals surface area (Å²) in [4.78, 5) is 12.3. The fourth-order valence-corrected chi connectivity index (χ4v) is 5.13. The van der Waals surface area contributed by atoms with Crippen LogP contribution in [0, 0.1) is 0 Å². The Hall–Kier alpha value is -2.48. The standard InChI is InChI=1S/C17H21N6O3P/c1-17(2)12-5-3-4-6-13(12)22-27(24,26-17)11-25-8-7-23-10-21-14-15(18)19-9-20-16(14)23/h3-6,9-10H,7-8,11H2,1-2H3,(H,22,24)(H2,18,19,20). The predicted molar refractivity (Wildman–Crippen MR) is 102 cm³/mol. The van der Waals surface area contributed by atoms with Crippen LogP contribution < -0.4 is 10.8 Å². The van der Waals surface area contributed by atoms with Crippen molar-refractivity contribution in [3.05, 3.63) is 42.5 Å². The number of para-hydroxylation sites is 1. The molecule has 0 aliphatic carbocycles. The SMILES string of the molecule is CC1(C)OP(=O)(COCCn2cnc3c(N)ncnc32)Nc2ccccc21. The molecular formula is C17H21N6O3P. The van der Waals surface area contributed by atoms with Crippen molar-refractivity contribution in [2.75, 3.05) is 23.8 Å². The first-order chi connectivity index (χ1) is 12.9. The summed E-state index contributed by atoms with van der Waals surface area (Å²) in [5.74, 6) is 0.338. The van der Waals surface area contributed by atoms with Gasteiger partial charge in [-0.2, -0.15) is 0 Å². The number of fused-ring (bicyclic) bond motifs is 2. The average molecular weight is 388 g/mol. The van der Waals surface area contributed by atoms with Crippen LogP contribution in [-0.4, -0.2) is 32.5 Å². The highest BCUT2D eigenvalue weighted by molar-refractivity contribution is 7.60. The molecule has 3 N–H and O–H groups in total. The molecule has 142 valence electrons. The number of nitrogens with two attached hydrogens (primary N) is 1. The fraction of sp³-hybridized carbons (Fsp3) is 0.353. The Balaban J connectivity index is 1.40. The van der Waals surface area contributed by atoms with Gasteiger partial charge in [-0.25, -0.2) is 15.0 Å². The van der Waals surface area contributed by atoms with E-state index in [1.807, 2.05) is 42.7 Å². The summed E-state index contributed by atoms with van der Waals surface area (Å²) in [5, 5.41) is 3.01. The van der Waals surface area contributed by atoms with Gasteiger partial charge >= 0.3 is 7.52 Å². The third kappa shape index (κ3) is 3.41. The molecule has 1 aromatic carbocycles. The maximum absolute atomic E-state index is 13.1. The molecule has 0 spiro atoms. The van der Waals surface area contributed by atoms with Crippen LogP contribution in [0.5, 0.6) is 0 Å². The monoisotopic (exact) mass is 388 g/mol. The van der Waals surface area contributed by atoms with Gasteiger partial charge in [-0.05, 0) is 19.9 Å². The predicted octanol–water partition coefficient (Wildman–Crippen LogP) is 2.95. The molecule has 3 aromatic rings. The first kappa shape index (κ1) is 17.9. The number of nitrogen functional groups attached to an aromatic ring is 1. The Bertz CT molecular complexity index is 1030. The quantitative estimate of drug-likeness (QED) is 0.506. The highest BCUT2D eigenvalue weighted by atomic mass is 31.2. The highest BCUT2D eigenvalue weighted by Crippen LogP contribution is 2.57. The van der Waals surface area contributed by atoms with E-state index in [9.17, 15) is 4.57 Å². The molecule has 1 aliphatic rings. The maximum atomic E-state index is 13.1. The van der Waals surface area contributed by atoms with Crippen molar-refractivity contribution >= 4 is 30.2 Å². The Labute approximate surface area is 156 Å². The summed E-state index contributed by atoms with van der Waals surface area (Å²) in [6, 6.07) is 7.69. The number of hydrogen-bond donors (Lipinski definition) is 2. The molecule has 10 heteroatoms. The topological polar surface area (TPSA) is 117 Å². The lowest BCUT2D eigenvalue weighted by molar-refractivity contribution is 0.0896. The molecule has 0 saturated heterocycles. The molecule has 1 unspecified atom stereocenters. The first-order valence-corrected chi connectivity index (χ1v) is 10.4. The smallest absolute Gasteiger partial charge is 0.319 e. The van der Waals surface area contributed by atoms with Crippen LogP contribution in [0.4, 0.5) is 11.5 Å². The van der Waals surface area contributed by atoms with Crippen molar-refractivity contribution in [2.45, 2.75) is 26.0 Å². The van der Waals surface area contributed by atoms with Crippen LogP contribution >= 0.6 is 7.52 Å². The van der Waals surface area contributed by atoms with Crippen LogP contribution in [0.2, 0.25) is 0 Å². The van der Waals surface area contributed by atoms with Crippen molar-refractivity contribution in [1.82, 2.24) is 19.5 Å². The first-order valence-electron chi connectivity index (χ1n) is 8.55. The molecule has 0 amide bonds. The summed E-state index contributed by atoms with van der Waals surface area (Å²) in [7, 11) is -3.17. The van der Waals surface area contributed by atoms with Gasteiger partial charge in [-0.1, -0.05) is 18.2 Å². The van der Waals surface area contributed by atoms with Gasteiger partial charge in [0.25, 0.3) is 0 Å². The van der Waals surface area contributed by atoms with Crippen LogP contribution in [0.15, 0.2) is 36.9 Å². The molecule has 1 atom stereocenters. The number of anilines is 2. The van der Waals surface area contributed by atoms with Gasteiger partial charge in [0.15, 0.2) is 11.5 Å². The summed E-state index contributed by atoms with van der Waals surface area (Å²) < 4.78 is 26.5. The lowest BCUT2D eigenvalue weighted by atomic mass is 9.97. The second kappa shape index (κ2) is 6.60. The van der Waals surface area contributed by atoms with Crippen LogP contribution in [0.25, 0.3) is 11.2 Å². The Morgan fingerprint density at radius 3 is 2.96 bits per heavy atom. The van der Waals surface area contributed by atoms with E-state index in [0.717, 1.165) is 11.3 Å². The Kier molecular flexibility index (Phi) is 4.38. The zero-order chi connectivity index (χ0) is 19.1. The lowest BCUT2D eigenvalue weighted by Crippen LogP contribution is -2.29. The third-order valence-corrected chi connectivity index (χ3v) is 6.26. The molecular weight excluding hydrogens is 367 g/mol. The van der Waals surface area contributed by atoms with E-state index in [2.05, 4.69) is 20.0 Å². The minimum Gasteiger partial charge on any atom is -0.382 e. The van der Waals surface area contributed by atoms with Gasteiger partial charge in [0, 0.05) is 17.8 Å². The molecule has 27 heavy (non-hydrogen) atoms.